The van der Waals surface area contributed by atoms with Crippen LogP contribution in [0.15, 0.2) is 54.6 Å². The minimum Gasteiger partial charge on any atom is -0.462 e. The number of hydrogen-bond donors (Lipinski definition) is 1. The molecule has 1 unspecified atom stereocenters. The second-order valence-corrected chi connectivity index (χ2v) is 6.64. The Morgan fingerprint density at radius 2 is 1.70 bits per heavy atom. The zero-order valence-electron chi connectivity index (χ0n) is 15.7. The molecular formula is C21H23N3O3. The smallest absolute Gasteiger partial charge is 0.326 e. The number of rotatable bonds is 6. The van der Waals surface area contributed by atoms with Crippen molar-refractivity contribution in [2.75, 3.05) is 0 Å². The number of carbonyl (C=O) groups excluding carboxylic acids is 2. The first-order valence-electron chi connectivity index (χ1n) is 8.96. The molecule has 3 aromatic rings. The van der Waals surface area contributed by atoms with Gasteiger partial charge in [0.05, 0.1) is 23.2 Å². The average Bonchev–Trinajstić information content (AvgIpc) is 3.00. The van der Waals surface area contributed by atoms with E-state index in [-0.39, 0.29) is 30.6 Å². The van der Waals surface area contributed by atoms with Crippen LogP contribution in [0.2, 0.25) is 0 Å². The molecule has 1 amide bonds. The summed E-state index contributed by atoms with van der Waals surface area (Å²) in [6.07, 6.45) is -0.189. The van der Waals surface area contributed by atoms with Gasteiger partial charge in [-0.15, -0.1) is 0 Å². The zero-order chi connectivity index (χ0) is 19.4. The minimum absolute atomic E-state index is 0.0412. The number of ether oxygens (including phenoxy) is 1. The van der Waals surface area contributed by atoms with Gasteiger partial charge in [0.25, 0.3) is 5.91 Å². The first-order chi connectivity index (χ1) is 13.0. The van der Waals surface area contributed by atoms with E-state index in [1.807, 2.05) is 63.2 Å². The minimum atomic E-state index is -0.378. The van der Waals surface area contributed by atoms with E-state index in [4.69, 9.17) is 4.74 Å². The second-order valence-electron chi connectivity index (χ2n) is 6.64. The molecule has 0 aliphatic heterocycles. The van der Waals surface area contributed by atoms with E-state index in [0.717, 1.165) is 11.0 Å². The topological polar surface area (TPSA) is 73.2 Å². The van der Waals surface area contributed by atoms with Crippen molar-refractivity contribution in [3.05, 3.63) is 66.0 Å². The summed E-state index contributed by atoms with van der Waals surface area (Å²) in [5, 5.41) is 2.95. The number of para-hydroxylation sites is 2. The molecule has 0 bridgehead atoms. The summed E-state index contributed by atoms with van der Waals surface area (Å²) in [5.41, 5.74) is 2.17. The van der Waals surface area contributed by atoms with E-state index in [9.17, 15) is 9.59 Å². The Labute approximate surface area is 158 Å². The molecule has 0 saturated heterocycles. The van der Waals surface area contributed by atoms with Crippen LogP contribution in [-0.4, -0.2) is 27.5 Å². The average molecular weight is 365 g/mol. The summed E-state index contributed by atoms with van der Waals surface area (Å²) >= 11 is 0. The van der Waals surface area contributed by atoms with Gasteiger partial charge in [0.2, 0.25) is 0 Å². The van der Waals surface area contributed by atoms with Crippen molar-refractivity contribution in [1.82, 2.24) is 14.9 Å². The highest BCUT2D eigenvalue weighted by Crippen LogP contribution is 2.21. The van der Waals surface area contributed by atoms with Crippen molar-refractivity contribution in [2.24, 2.45) is 0 Å². The lowest BCUT2D eigenvalue weighted by Gasteiger charge is -2.16. The summed E-state index contributed by atoms with van der Waals surface area (Å²) in [6, 6.07) is 16.2. The number of nitrogens with one attached hydrogen (secondary N) is 1. The second kappa shape index (κ2) is 8.03. The largest absolute Gasteiger partial charge is 0.462 e. The predicted octanol–water partition coefficient (Wildman–Crippen LogP) is 3.48. The summed E-state index contributed by atoms with van der Waals surface area (Å²) in [7, 11) is 0. The van der Waals surface area contributed by atoms with Gasteiger partial charge in [0.15, 0.2) is 0 Å². The number of esters is 1. The SMILES string of the molecule is CC(C)OC(=O)Cn1c(C(C)NC(=O)c2ccccc2)nc2ccccc21. The van der Waals surface area contributed by atoms with Crippen molar-refractivity contribution in [3.8, 4) is 0 Å². The molecule has 0 spiro atoms. The fraction of sp³-hybridized carbons (Fsp3) is 0.286. The molecule has 2 aromatic carbocycles. The number of aromatic nitrogens is 2. The highest BCUT2D eigenvalue weighted by Gasteiger charge is 2.21. The van der Waals surface area contributed by atoms with Gasteiger partial charge in [-0.25, -0.2) is 4.98 Å². The van der Waals surface area contributed by atoms with E-state index < -0.39 is 0 Å². The fourth-order valence-electron chi connectivity index (χ4n) is 2.95. The van der Waals surface area contributed by atoms with Crippen molar-refractivity contribution in [3.63, 3.8) is 0 Å². The highest BCUT2D eigenvalue weighted by atomic mass is 16.5. The van der Waals surface area contributed by atoms with Crippen LogP contribution in [0.4, 0.5) is 0 Å². The Balaban J connectivity index is 1.89. The number of imidazole rings is 1. The molecular weight excluding hydrogens is 342 g/mol. The van der Waals surface area contributed by atoms with E-state index in [0.29, 0.717) is 11.4 Å². The first kappa shape index (κ1) is 18.6. The van der Waals surface area contributed by atoms with Crippen molar-refractivity contribution >= 4 is 22.9 Å². The van der Waals surface area contributed by atoms with Gasteiger partial charge < -0.3 is 14.6 Å². The van der Waals surface area contributed by atoms with E-state index in [1.54, 1.807) is 16.7 Å². The van der Waals surface area contributed by atoms with Gasteiger partial charge >= 0.3 is 5.97 Å². The number of carbonyl (C=O) groups is 2. The van der Waals surface area contributed by atoms with Crippen molar-refractivity contribution in [1.29, 1.82) is 0 Å². The number of benzene rings is 2. The van der Waals surface area contributed by atoms with Gasteiger partial charge in [-0.05, 0) is 45.0 Å². The number of hydrogen-bond acceptors (Lipinski definition) is 4. The molecule has 3 rings (SSSR count). The van der Waals surface area contributed by atoms with Gasteiger partial charge in [-0.2, -0.15) is 0 Å². The lowest BCUT2D eigenvalue weighted by molar-refractivity contribution is -0.148. The van der Waals surface area contributed by atoms with Crippen LogP contribution in [0.3, 0.4) is 0 Å². The molecule has 140 valence electrons. The van der Waals surface area contributed by atoms with E-state index in [1.165, 1.54) is 0 Å². The van der Waals surface area contributed by atoms with Crippen LogP contribution in [0.5, 0.6) is 0 Å². The Morgan fingerprint density at radius 3 is 2.41 bits per heavy atom. The summed E-state index contributed by atoms with van der Waals surface area (Å²) in [6.45, 7) is 5.52. The molecule has 0 aliphatic carbocycles. The molecule has 0 saturated carbocycles. The molecule has 1 aromatic heterocycles. The molecule has 27 heavy (non-hydrogen) atoms. The number of amides is 1. The molecule has 6 nitrogen and oxygen atoms in total. The van der Waals surface area contributed by atoms with Crippen LogP contribution < -0.4 is 5.32 Å². The molecule has 0 aliphatic rings. The third-order valence-corrected chi connectivity index (χ3v) is 4.11. The molecule has 1 N–H and O–H groups in total. The zero-order valence-corrected chi connectivity index (χ0v) is 15.7. The maximum absolute atomic E-state index is 12.5. The Kier molecular flexibility index (Phi) is 5.54. The standard InChI is InChI=1S/C21H23N3O3/c1-14(2)27-19(25)13-24-18-12-8-7-11-17(18)23-20(24)15(3)22-21(26)16-9-5-4-6-10-16/h4-12,14-15H,13H2,1-3H3,(H,22,26). The lowest BCUT2D eigenvalue weighted by atomic mass is 10.2. The van der Waals surface area contributed by atoms with Crippen molar-refractivity contribution < 1.29 is 14.3 Å². The summed E-state index contributed by atoms with van der Waals surface area (Å²) in [4.78, 5) is 29.3. The highest BCUT2D eigenvalue weighted by molar-refractivity contribution is 5.94. The van der Waals surface area contributed by atoms with Crippen LogP contribution in [0.1, 0.15) is 43.0 Å². The van der Waals surface area contributed by atoms with E-state index in [2.05, 4.69) is 10.3 Å². The van der Waals surface area contributed by atoms with Crippen LogP contribution in [-0.2, 0) is 16.1 Å². The molecule has 1 heterocycles. The molecule has 1 atom stereocenters. The number of fused-ring (bicyclic) bond motifs is 1. The molecule has 0 fully saturated rings. The third-order valence-electron chi connectivity index (χ3n) is 4.11. The van der Waals surface area contributed by atoms with Crippen LogP contribution in [0.25, 0.3) is 11.0 Å². The van der Waals surface area contributed by atoms with Crippen LogP contribution >= 0.6 is 0 Å². The fourth-order valence-corrected chi connectivity index (χ4v) is 2.95. The normalized spacial score (nSPS) is 12.1. The molecule has 6 heteroatoms. The Bertz CT molecular complexity index is 948. The van der Waals surface area contributed by atoms with Gasteiger partial charge in [0.1, 0.15) is 12.4 Å². The monoisotopic (exact) mass is 365 g/mol. The number of nitrogens with zero attached hydrogens (tertiary/aromatic N) is 2. The van der Waals surface area contributed by atoms with Gasteiger partial charge in [0, 0.05) is 5.56 Å². The first-order valence-corrected chi connectivity index (χ1v) is 8.96. The summed E-state index contributed by atoms with van der Waals surface area (Å²) in [5.74, 6) is 0.0867. The Hall–Kier alpha value is -3.15. The summed E-state index contributed by atoms with van der Waals surface area (Å²) < 4.78 is 7.08. The van der Waals surface area contributed by atoms with Crippen LogP contribution in [0, 0.1) is 0 Å². The Morgan fingerprint density at radius 1 is 1.04 bits per heavy atom. The predicted molar refractivity (Wildman–Crippen MR) is 103 cm³/mol. The van der Waals surface area contributed by atoms with Crippen molar-refractivity contribution in [2.45, 2.75) is 39.5 Å². The maximum Gasteiger partial charge on any atom is 0.326 e. The van der Waals surface area contributed by atoms with Gasteiger partial charge in [-0.3, -0.25) is 9.59 Å². The van der Waals surface area contributed by atoms with Gasteiger partial charge in [-0.1, -0.05) is 30.3 Å². The quantitative estimate of drug-likeness (QED) is 0.679. The molecule has 0 radical (unpaired) electrons. The maximum atomic E-state index is 12.5. The third kappa shape index (κ3) is 4.34. The van der Waals surface area contributed by atoms with E-state index >= 15 is 0 Å². The lowest BCUT2D eigenvalue weighted by Crippen LogP contribution is -2.29.